The standard InChI is InChI=1S/C12H15ClO6/c1-4-19-12(16)10(15)8-6(13)5-7(17-2)11(18-3)9(8)14/h5,10,14-15H,4H2,1-3H3. The van der Waals surface area contributed by atoms with E-state index in [9.17, 15) is 15.0 Å². The monoisotopic (exact) mass is 290 g/mol. The Morgan fingerprint density at radius 3 is 2.53 bits per heavy atom. The Labute approximate surface area is 115 Å². The molecule has 0 radical (unpaired) electrons. The van der Waals surface area contributed by atoms with Gasteiger partial charge in [-0.3, -0.25) is 0 Å². The Balaban J connectivity index is 3.32. The van der Waals surface area contributed by atoms with Crippen molar-refractivity contribution >= 4 is 17.6 Å². The summed E-state index contributed by atoms with van der Waals surface area (Å²) >= 11 is 5.92. The summed E-state index contributed by atoms with van der Waals surface area (Å²) in [7, 11) is 2.68. The predicted octanol–water partition coefficient (Wildman–Crippen LogP) is 1.66. The summed E-state index contributed by atoms with van der Waals surface area (Å²) in [5.41, 5.74) is -0.183. The van der Waals surface area contributed by atoms with Crippen molar-refractivity contribution in [3.8, 4) is 17.2 Å². The van der Waals surface area contributed by atoms with E-state index in [1.165, 1.54) is 20.3 Å². The number of phenolic OH excluding ortho intramolecular Hbond substituents is 1. The van der Waals surface area contributed by atoms with Crippen LogP contribution in [0.15, 0.2) is 6.07 Å². The Morgan fingerprint density at radius 2 is 2.05 bits per heavy atom. The lowest BCUT2D eigenvalue weighted by molar-refractivity contribution is -0.153. The van der Waals surface area contributed by atoms with Gasteiger partial charge < -0.3 is 24.4 Å². The highest BCUT2D eigenvalue weighted by Gasteiger charge is 2.29. The normalized spacial score (nSPS) is 11.8. The predicted molar refractivity (Wildman–Crippen MR) is 67.8 cm³/mol. The van der Waals surface area contributed by atoms with Crippen LogP contribution in [0.2, 0.25) is 5.02 Å². The van der Waals surface area contributed by atoms with Crippen LogP contribution < -0.4 is 9.47 Å². The number of benzene rings is 1. The van der Waals surface area contributed by atoms with Gasteiger partial charge >= 0.3 is 5.97 Å². The van der Waals surface area contributed by atoms with Gasteiger partial charge in [-0.1, -0.05) is 11.6 Å². The van der Waals surface area contributed by atoms with Gasteiger partial charge in [-0.15, -0.1) is 0 Å². The highest BCUT2D eigenvalue weighted by Crippen LogP contribution is 2.45. The van der Waals surface area contributed by atoms with E-state index < -0.39 is 17.8 Å². The fourth-order valence-electron chi connectivity index (χ4n) is 1.56. The molecule has 0 aliphatic heterocycles. The van der Waals surface area contributed by atoms with E-state index in [0.29, 0.717) is 0 Å². The second-order valence-electron chi connectivity index (χ2n) is 3.51. The molecule has 0 saturated carbocycles. The molecule has 1 aromatic carbocycles. The molecule has 0 fully saturated rings. The van der Waals surface area contributed by atoms with Crippen LogP contribution in [-0.2, 0) is 9.53 Å². The Hall–Kier alpha value is -1.66. The Kier molecular flexibility index (Phi) is 5.26. The minimum Gasteiger partial charge on any atom is -0.504 e. The number of hydrogen-bond acceptors (Lipinski definition) is 6. The van der Waals surface area contributed by atoms with Gasteiger partial charge in [0.2, 0.25) is 5.75 Å². The van der Waals surface area contributed by atoms with Gasteiger partial charge in [-0.2, -0.15) is 0 Å². The van der Waals surface area contributed by atoms with Crippen LogP contribution in [-0.4, -0.2) is 37.0 Å². The maximum atomic E-state index is 11.5. The molecular weight excluding hydrogens is 276 g/mol. The third-order valence-electron chi connectivity index (χ3n) is 2.42. The largest absolute Gasteiger partial charge is 0.504 e. The zero-order valence-corrected chi connectivity index (χ0v) is 11.5. The summed E-state index contributed by atoms with van der Waals surface area (Å²) in [6.45, 7) is 1.70. The number of aliphatic hydroxyl groups excluding tert-OH is 1. The number of halogens is 1. The summed E-state index contributed by atoms with van der Waals surface area (Å²) in [6.07, 6.45) is -1.70. The quantitative estimate of drug-likeness (QED) is 0.802. The number of rotatable bonds is 5. The Bertz CT molecular complexity index is 474. The van der Waals surface area contributed by atoms with Crippen molar-refractivity contribution in [2.24, 2.45) is 0 Å². The molecule has 0 spiro atoms. The number of hydrogen-bond donors (Lipinski definition) is 2. The first-order valence-electron chi connectivity index (χ1n) is 5.45. The summed E-state index contributed by atoms with van der Waals surface area (Å²) in [5, 5.41) is 19.8. The molecule has 1 aromatic rings. The lowest BCUT2D eigenvalue weighted by Crippen LogP contribution is -2.16. The highest BCUT2D eigenvalue weighted by atomic mass is 35.5. The molecule has 106 valence electrons. The summed E-state index contributed by atoms with van der Waals surface area (Å²) < 4.78 is 14.6. The first kappa shape index (κ1) is 15.4. The van der Waals surface area contributed by atoms with Crippen molar-refractivity contribution in [3.63, 3.8) is 0 Å². The molecule has 0 aliphatic carbocycles. The van der Waals surface area contributed by atoms with Crippen molar-refractivity contribution in [3.05, 3.63) is 16.7 Å². The van der Waals surface area contributed by atoms with Gasteiger partial charge in [-0.05, 0) is 6.92 Å². The number of carbonyl (C=O) groups excluding carboxylic acids is 1. The molecule has 2 N–H and O–H groups in total. The van der Waals surface area contributed by atoms with Gasteiger partial charge in [0, 0.05) is 6.07 Å². The van der Waals surface area contributed by atoms with Gasteiger partial charge in [0.1, 0.15) is 0 Å². The van der Waals surface area contributed by atoms with Crippen LogP contribution in [0.5, 0.6) is 17.2 Å². The van der Waals surface area contributed by atoms with E-state index in [4.69, 9.17) is 21.1 Å². The second kappa shape index (κ2) is 6.49. The zero-order valence-electron chi connectivity index (χ0n) is 10.8. The SMILES string of the molecule is CCOC(=O)C(O)c1c(Cl)cc(OC)c(OC)c1O. The van der Waals surface area contributed by atoms with Crippen LogP contribution in [0.25, 0.3) is 0 Å². The third kappa shape index (κ3) is 3.02. The first-order chi connectivity index (χ1) is 8.97. The molecule has 1 rings (SSSR count). The van der Waals surface area contributed by atoms with Crippen LogP contribution >= 0.6 is 11.6 Å². The number of aliphatic hydroxyl groups is 1. The molecule has 0 amide bonds. The Morgan fingerprint density at radius 1 is 1.42 bits per heavy atom. The van der Waals surface area contributed by atoms with Gasteiger partial charge in [0.15, 0.2) is 17.6 Å². The van der Waals surface area contributed by atoms with Gasteiger partial charge in [0.05, 0.1) is 31.4 Å². The number of ether oxygens (including phenoxy) is 3. The number of methoxy groups -OCH3 is 2. The molecule has 0 aliphatic rings. The summed E-state index contributed by atoms with van der Waals surface area (Å²) in [5.74, 6) is -1.21. The molecule has 0 aromatic heterocycles. The van der Waals surface area contributed by atoms with E-state index >= 15 is 0 Å². The zero-order chi connectivity index (χ0) is 14.6. The third-order valence-corrected chi connectivity index (χ3v) is 2.73. The maximum Gasteiger partial charge on any atom is 0.339 e. The average Bonchev–Trinajstić information content (AvgIpc) is 2.38. The van der Waals surface area contributed by atoms with Crippen LogP contribution in [0.4, 0.5) is 0 Å². The topological polar surface area (TPSA) is 85.2 Å². The molecule has 7 heteroatoms. The summed E-state index contributed by atoms with van der Waals surface area (Å²) in [4.78, 5) is 11.5. The molecule has 6 nitrogen and oxygen atoms in total. The highest BCUT2D eigenvalue weighted by molar-refractivity contribution is 6.32. The minimum atomic E-state index is -1.70. The molecule has 0 saturated heterocycles. The number of carbonyl (C=O) groups is 1. The minimum absolute atomic E-state index is 0.0229. The van der Waals surface area contributed by atoms with E-state index in [1.807, 2.05) is 0 Å². The average molecular weight is 291 g/mol. The fraction of sp³-hybridized carbons (Fsp3) is 0.417. The smallest absolute Gasteiger partial charge is 0.339 e. The van der Waals surface area contributed by atoms with E-state index in [0.717, 1.165) is 0 Å². The van der Waals surface area contributed by atoms with Crippen molar-refractivity contribution in [2.75, 3.05) is 20.8 Å². The molecule has 0 heterocycles. The van der Waals surface area contributed by atoms with Crippen molar-refractivity contribution in [1.82, 2.24) is 0 Å². The lowest BCUT2D eigenvalue weighted by atomic mass is 10.1. The molecule has 19 heavy (non-hydrogen) atoms. The first-order valence-corrected chi connectivity index (χ1v) is 5.83. The maximum absolute atomic E-state index is 11.5. The van der Waals surface area contributed by atoms with Crippen molar-refractivity contribution < 1.29 is 29.2 Å². The van der Waals surface area contributed by atoms with Crippen molar-refractivity contribution in [2.45, 2.75) is 13.0 Å². The number of phenols is 1. The van der Waals surface area contributed by atoms with Gasteiger partial charge in [-0.25, -0.2) is 4.79 Å². The molecule has 1 unspecified atom stereocenters. The number of aromatic hydroxyl groups is 1. The fourth-order valence-corrected chi connectivity index (χ4v) is 1.85. The summed E-state index contributed by atoms with van der Waals surface area (Å²) in [6, 6.07) is 1.33. The molecular formula is C12H15ClO6. The second-order valence-corrected chi connectivity index (χ2v) is 3.92. The molecule has 0 bridgehead atoms. The van der Waals surface area contributed by atoms with E-state index in [1.54, 1.807) is 6.92 Å². The van der Waals surface area contributed by atoms with Crippen LogP contribution in [0.3, 0.4) is 0 Å². The lowest BCUT2D eigenvalue weighted by Gasteiger charge is -2.17. The number of esters is 1. The van der Waals surface area contributed by atoms with E-state index in [2.05, 4.69) is 4.74 Å². The van der Waals surface area contributed by atoms with E-state index in [-0.39, 0.29) is 28.7 Å². The molecule has 1 atom stereocenters. The van der Waals surface area contributed by atoms with Gasteiger partial charge in [0.25, 0.3) is 0 Å². The van der Waals surface area contributed by atoms with Crippen LogP contribution in [0.1, 0.15) is 18.6 Å². The van der Waals surface area contributed by atoms with Crippen molar-refractivity contribution in [1.29, 1.82) is 0 Å². The van der Waals surface area contributed by atoms with Crippen LogP contribution in [0, 0.1) is 0 Å².